The first-order valence-corrected chi connectivity index (χ1v) is 10.6. The minimum Gasteiger partial charge on any atom is -0.491 e. The minimum absolute atomic E-state index is 0.314. The molecule has 1 aromatic rings. The fraction of sp³-hybridized carbons (Fsp3) is 0.667. The lowest BCUT2D eigenvalue weighted by atomic mass is 10.1. The molecule has 1 atom stereocenters. The minimum atomic E-state index is -3.45. The van der Waals surface area contributed by atoms with Crippen molar-refractivity contribution in [1.82, 2.24) is 9.21 Å². The third-order valence-corrected chi connectivity index (χ3v) is 6.80. The van der Waals surface area contributed by atoms with E-state index in [1.807, 2.05) is 0 Å². The van der Waals surface area contributed by atoms with Crippen LogP contribution in [0.5, 0.6) is 5.75 Å². The molecule has 0 N–H and O–H groups in total. The van der Waals surface area contributed by atoms with Crippen LogP contribution in [-0.2, 0) is 19.5 Å². The van der Waals surface area contributed by atoms with E-state index in [1.54, 1.807) is 35.7 Å². The molecule has 0 bridgehead atoms. The Balaban J connectivity index is 1.53. The molecule has 2 fully saturated rings. The van der Waals surface area contributed by atoms with E-state index in [-0.39, 0.29) is 0 Å². The quantitative estimate of drug-likeness (QED) is 0.624. The monoisotopic (exact) mass is 384 g/mol. The topological polar surface area (TPSA) is 68.3 Å². The van der Waals surface area contributed by atoms with Gasteiger partial charge in [-0.05, 0) is 36.6 Å². The summed E-state index contributed by atoms with van der Waals surface area (Å²) in [6.45, 7) is 6.22. The van der Waals surface area contributed by atoms with Gasteiger partial charge in [0.25, 0.3) is 0 Å². The van der Waals surface area contributed by atoms with Gasteiger partial charge in [0.15, 0.2) is 0 Å². The zero-order chi connectivity index (χ0) is 18.4. The fourth-order valence-electron chi connectivity index (χ4n) is 3.34. The zero-order valence-corrected chi connectivity index (χ0v) is 16.1. The Hall–Kier alpha value is -1.19. The lowest BCUT2D eigenvalue weighted by Gasteiger charge is -2.35. The summed E-state index contributed by atoms with van der Waals surface area (Å²) in [6, 6.07) is 6.61. The van der Waals surface area contributed by atoms with Gasteiger partial charge in [-0.2, -0.15) is 4.31 Å². The fourth-order valence-corrected chi connectivity index (χ4v) is 4.77. The SMILES string of the molecule is COCCOc1ccc(S(=O)(=O)N2CCN(CC3CCOC3)CC2)cc1. The van der Waals surface area contributed by atoms with Gasteiger partial charge in [0.2, 0.25) is 10.0 Å². The van der Waals surface area contributed by atoms with Crippen molar-refractivity contribution in [3.05, 3.63) is 24.3 Å². The van der Waals surface area contributed by atoms with E-state index < -0.39 is 10.0 Å². The molecule has 0 aromatic heterocycles. The molecule has 1 aromatic carbocycles. The first kappa shape index (κ1) is 19.6. The Labute approximate surface area is 155 Å². The maximum atomic E-state index is 12.8. The van der Waals surface area contributed by atoms with E-state index in [0.717, 1.165) is 39.3 Å². The molecule has 2 saturated heterocycles. The van der Waals surface area contributed by atoms with Crippen LogP contribution in [0.3, 0.4) is 0 Å². The van der Waals surface area contributed by atoms with Gasteiger partial charge in [-0.1, -0.05) is 0 Å². The number of hydrogen-bond acceptors (Lipinski definition) is 6. The second kappa shape index (κ2) is 9.14. The summed E-state index contributed by atoms with van der Waals surface area (Å²) in [6.07, 6.45) is 1.11. The van der Waals surface area contributed by atoms with Gasteiger partial charge in [0.1, 0.15) is 12.4 Å². The molecular formula is C18H28N2O5S. The summed E-state index contributed by atoms with van der Waals surface area (Å²) in [5.74, 6) is 1.23. The van der Waals surface area contributed by atoms with E-state index in [1.165, 1.54) is 0 Å². The average Bonchev–Trinajstić information content (AvgIpc) is 3.16. The number of ether oxygens (including phenoxy) is 3. The molecule has 1 unspecified atom stereocenters. The number of benzene rings is 1. The number of methoxy groups -OCH3 is 1. The lowest BCUT2D eigenvalue weighted by Crippen LogP contribution is -2.49. The van der Waals surface area contributed by atoms with Crippen molar-refractivity contribution in [3.63, 3.8) is 0 Å². The van der Waals surface area contributed by atoms with Crippen molar-refractivity contribution >= 4 is 10.0 Å². The first-order chi connectivity index (χ1) is 12.6. The highest BCUT2D eigenvalue weighted by Gasteiger charge is 2.29. The second-order valence-electron chi connectivity index (χ2n) is 6.75. The van der Waals surface area contributed by atoms with Gasteiger partial charge in [0, 0.05) is 46.4 Å². The van der Waals surface area contributed by atoms with Gasteiger partial charge in [-0.15, -0.1) is 0 Å². The van der Waals surface area contributed by atoms with Crippen LogP contribution in [0.4, 0.5) is 0 Å². The molecule has 26 heavy (non-hydrogen) atoms. The van der Waals surface area contributed by atoms with Crippen LogP contribution < -0.4 is 4.74 Å². The van der Waals surface area contributed by atoms with Crippen LogP contribution in [0.15, 0.2) is 29.2 Å². The van der Waals surface area contributed by atoms with Crippen LogP contribution >= 0.6 is 0 Å². The maximum Gasteiger partial charge on any atom is 0.243 e. The summed E-state index contributed by atoms with van der Waals surface area (Å²) < 4.78 is 43.1. The average molecular weight is 384 g/mol. The standard InChI is InChI=1S/C18H28N2O5S/c1-23-12-13-25-17-2-4-18(5-3-17)26(21,22)20-9-7-19(8-10-20)14-16-6-11-24-15-16/h2-5,16H,6-15H2,1H3. The molecule has 8 heteroatoms. The summed E-state index contributed by atoms with van der Waals surface area (Å²) in [5.41, 5.74) is 0. The third-order valence-electron chi connectivity index (χ3n) is 4.89. The van der Waals surface area contributed by atoms with Crippen LogP contribution in [0, 0.1) is 5.92 Å². The molecule has 0 radical (unpaired) electrons. The highest BCUT2D eigenvalue weighted by Crippen LogP contribution is 2.22. The number of rotatable bonds is 8. The molecule has 7 nitrogen and oxygen atoms in total. The summed E-state index contributed by atoms with van der Waals surface area (Å²) in [5, 5.41) is 0. The second-order valence-corrected chi connectivity index (χ2v) is 8.68. The van der Waals surface area contributed by atoms with Gasteiger partial charge < -0.3 is 19.1 Å². The Morgan fingerprint density at radius 2 is 1.85 bits per heavy atom. The van der Waals surface area contributed by atoms with Crippen LogP contribution in [0.25, 0.3) is 0 Å². The van der Waals surface area contributed by atoms with Crippen molar-refractivity contribution in [2.45, 2.75) is 11.3 Å². The normalized spacial score (nSPS) is 22.6. The van der Waals surface area contributed by atoms with Crippen molar-refractivity contribution in [1.29, 1.82) is 0 Å². The van der Waals surface area contributed by atoms with Gasteiger partial charge in [0.05, 0.1) is 18.1 Å². The van der Waals surface area contributed by atoms with Crippen molar-refractivity contribution in [2.75, 3.05) is 66.3 Å². The number of hydrogen-bond donors (Lipinski definition) is 0. The smallest absolute Gasteiger partial charge is 0.243 e. The molecule has 2 aliphatic rings. The Morgan fingerprint density at radius 3 is 2.46 bits per heavy atom. The Kier molecular flexibility index (Phi) is 6.88. The van der Waals surface area contributed by atoms with E-state index in [0.29, 0.717) is 42.9 Å². The van der Waals surface area contributed by atoms with Gasteiger partial charge in [-0.25, -0.2) is 8.42 Å². The van der Waals surface area contributed by atoms with E-state index in [2.05, 4.69) is 4.90 Å². The Morgan fingerprint density at radius 1 is 1.12 bits per heavy atom. The molecule has 2 aliphatic heterocycles. The van der Waals surface area contributed by atoms with Gasteiger partial charge >= 0.3 is 0 Å². The van der Waals surface area contributed by atoms with E-state index in [4.69, 9.17) is 14.2 Å². The van der Waals surface area contributed by atoms with Gasteiger partial charge in [-0.3, -0.25) is 0 Å². The zero-order valence-electron chi connectivity index (χ0n) is 15.3. The molecule has 0 saturated carbocycles. The summed E-state index contributed by atoms with van der Waals surface area (Å²) >= 11 is 0. The molecule has 0 amide bonds. The Bertz CT molecular complexity index is 651. The first-order valence-electron chi connectivity index (χ1n) is 9.11. The van der Waals surface area contributed by atoms with Crippen LogP contribution in [-0.4, -0.2) is 83.9 Å². The van der Waals surface area contributed by atoms with Crippen molar-refractivity contribution in [3.8, 4) is 5.75 Å². The van der Waals surface area contributed by atoms with Crippen molar-refractivity contribution < 1.29 is 22.6 Å². The van der Waals surface area contributed by atoms with Crippen LogP contribution in [0.1, 0.15) is 6.42 Å². The predicted octanol–water partition coefficient (Wildman–Crippen LogP) is 1.05. The summed E-state index contributed by atoms with van der Waals surface area (Å²) in [7, 11) is -1.84. The highest BCUT2D eigenvalue weighted by atomic mass is 32.2. The van der Waals surface area contributed by atoms with E-state index >= 15 is 0 Å². The molecule has 2 heterocycles. The highest BCUT2D eigenvalue weighted by molar-refractivity contribution is 7.89. The third kappa shape index (κ3) is 4.95. The molecular weight excluding hydrogens is 356 g/mol. The maximum absolute atomic E-state index is 12.8. The molecule has 146 valence electrons. The number of sulfonamides is 1. The summed E-state index contributed by atoms with van der Waals surface area (Å²) in [4.78, 5) is 2.66. The predicted molar refractivity (Wildman–Crippen MR) is 97.9 cm³/mol. The largest absolute Gasteiger partial charge is 0.491 e. The molecule has 3 rings (SSSR count). The van der Waals surface area contributed by atoms with Crippen molar-refractivity contribution in [2.24, 2.45) is 5.92 Å². The number of nitrogens with zero attached hydrogens (tertiary/aromatic N) is 2. The molecule has 0 spiro atoms. The lowest BCUT2D eigenvalue weighted by molar-refractivity contribution is 0.143. The van der Waals surface area contributed by atoms with Crippen LogP contribution in [0.2, 0.25) is 0 Å². The number of piperazine rings is 1. The van der Waals surface area contributed by atoms with E-state index in [9.17, 15) is 8.42 Å². The molecule has 0 aliphatic carbocycles.